The lowest BCUT2D eigenvalue weighted by atomic mass is 10.1. The van der Waals surface area contributed by atoms with Crippen LogP contribution >= 0.6 is 0 Å². The molecular formula is C13H14N2O2. The summed E-state index contributed by atoms with van der Waals surface area (Å²) >= 11 is 0. The van der Waals surface area contributed by atoms with E-state index in [-0.39, 0.29) is 6.23 Å². The van der Waals surface area contributed by atoms with Crippen LogP contribution in [0, 0.1) is 11.3 Å². The number of carbonyl (C=O) groups excluding carboxylic acids is 1. The molecule has 0 aliphatic rings. The molecule has 0 bridgehead atoms. The van der Waals surface area contributed by atoms with Gasteiger partial charge in [-0.05, 0) is 30.5 Å². The molecule has 4 heteroatoms. The average molecular weight is 230 g/mol. The third-order valence-electron chi connectivity index (χ3n) is 2.17. The van der Waals surface area contributed by atoms with Crippen LogP contribution in [0.5, 0.6) is 0 Å². The second-order valence-corrected chi connectivity index (χ2v) is 3.36. The Labute approximate surface area is 101 Å². The standard InChI is InChI=1S/C13H14N2O2/c1-3-12(15-4-2)17-13(16)11-7-5-10(9-14)6-8-11/h4-8,12,15H,2-3H2,1H3/t12-/m0/s1. The summed E-state index contributed by atoms with van der Waals surface area (Å²) in [4.78, 5) is 11.7. The number of nitrogens with one attached hydrogen (secondary N) is 1. The number of nitriles is 1. The van der Waals surface area contributed by atoms with Crippen molar-refractivity contribution in [3.8, 4) is 6.07 Å². The summed E-state index contributed by atoms with van der Waals surface area (Å²) in [5.41, 5.74) is 0.936. The molecule has 4 nitrogen and oxygen atoms in total. The molecule has 0 spiro atoms. The zero-order chi connectivity index (χ0) is 12.7. The van der Waals surface area contributed by atoms with Crippen LogP contribution in [0.3, 0.4) is 0 Å². The van der Waals surface area contributed by atoms with Gasteiger partial charge in [0.15, 0.2) is 6.23 Å². The van der Waals surface area contributed by atoms with Crippen molar-refractivity contribution < 1.29 is 9.53 Å². The van der Waals surface area contributed by atoms with E-state index in [1.54, 1.807) is 24.3 Å². The molecule has 0 aliphatic carbocycles. The van der Waals surface area contributed by atoms with E-state index < -0.39 is 5.97 Å². The Balaban J connectivity index is 2.69. The van der Waals surface area contributed by atoms with E-state index >= 15 is 0 Å². The topological polar surface area (TPSA) is 62.1 Å². The van der Waals surface area contributed by atoms with Crippen LogP contribution < -0.4 is 5.32 Å². The van der Waals surface area contributed by atoms with E-state index in [9.17, 15) is 4.79 Å². The Morgan fingerprint density at radius 1 is 1.59 bits per heavy atom. The molecule has 0 aliphatic heterocycles. The minimum Gasteiger partial charge on any atom is -0.438 e. The van der Waals surface area contributed by atoms with Crippen molar-refractivity contribution >= 4 is 5.97 Å². The van der Waals surface area contributed by atoms with Crippen molar-refractivity contribution in [3.05, 3.63) is 48.2 Å². The van der Waals surface area contributed by atoms with Gasteiger partial charge >= 0.3 is 5.97 Å². The van der Waals surface area contributed by atoms with Gasteiger partial charge in [0.25, 0.3) is 0 Å². The van der Waals surface area contributed by atoms with Crippen molar-refractivity contribution in [2.24, 2.45) is 0 Å². The van der Waals surface area contributed by atoms with Gasteiger partial charge in [0.05, 0.1) is 17.2 Å². The van der Waals surface area contributed by atoms with E-state index in [4.69, 9.17) is 10.00 Å². The maximum Gasteiger partial charge on any atom is 0.340 e. The molecule has 17 heavy (non-hydrogen) atoms. The van der Waals surface area contributed by atoms with Crippen molar-refractivity contribution in [1.29, 1.82) is 5.26 Å². The first-order valence-corrected chi connectivity index (χ1v) is 5.29. The van der Waals surface area contributed by atoms with Gasteiger partial charge in [-0.15, -0.1) is 0 Å². The molecule has 0 saturated heterocycles. The van der Waals surface area contributed by atoms with Crippen LogP contribution in [0.1, 0.15) is 29.3 Å². The van der Waals surface area contributed by atoms with Gasteiger partial charge < -0.3 is 10.1 Å². The van der Waals surface area contributed by atoms with Crippen molar-refractivity contribution in [1.82, 2.24) is 5.32 Å². The lowest BCUT2D eigenvalue weighted by Gasteiger charge is -2.15. The Hall–Kier alpha value is -2.28. The lowest BCUT2D eigenvalue weighted by Crippen LogP contribution is -2.29. The van der Waals surface area contributed by atoms with Crippen LogP contribution in [-0.2, 0) is 4.74 Å². The minimum absolute atomic E-state index is 0.379. The van der Waals surface area contributed by atoms with E-state index in [0.717, 1.165) is 0 Å². The number of hydrogen-bond acceptors (Lipinski definition) is 4. The fourth-order valence-corrected chi connectivity index (χ4v) is 1.24. The number of rotatable bonds is 5. The molecule has 0 fully saturated rings. The van der Waals surface area contributed by atoms with E-state index in [2.05, 4.69) is 11.9 Å². The average Bonchev–Trinajstić information content (AvgIpc) is 2.38. The first-order valence-electron chi connectivity index (χ1n) is 5.29. The van der Waals surface area contributed by atoms with E-state index in [0.29, 0.717) is 17.5 Å². The first kappa shape index (κ1) is 12.8. The highest BCUT2D eigenvalue weighted by atomic mass is 16.6. The summed E-state index contributed by atoms with van der Waals surface area (Å²) < 4.78 is 5.20. The van der Waals surface area contributed by atoms with Crippen molar-refractivity contribution in [3.63, 3.8) is 0 Å². The highest BCUT2D eigenvalue weighted by molar-refractivity contribution is 5.89. The van der Waals surface area contributed by atoms with E-state index in [1.165, 1.54) is 6.20 Å². The normalized spacial score (nSPS) is 11.1. The SMILES string of the molecule is C=CN[C@H](CC)OC(=O)c1ccc(C#N)cc1. The summed E-state index contributed by atoms with van der Waals surface area (Å²) in [7, 11) is 0. The zero-order valence-electron chi connectivity index (χ0n) is 9.64. The summed E-state index contributed by atoms with van der Waals surface area (Å²) in [6, 6.07) is 8.29. The number of esters is 1. The fraction of sp³-hybridized carbons (Fsp3) is 0.231. The Bertz CT molecular complexity index is 432. The summed E-state index contributed by atoms with van der Waals surface area (Å²) in [5.74, 6) is -0.421. The van der Waals surface area contributed by atoms with Gasteiger partial charge in [-0.1, -0.05) is 13.5 Å². The highest BCUT2D eigenvalue weighted by Gasteiger charge is 2.12. The van der Waals surface area contributed by atoms with Gasteiger partial charge in [-0.3, -0.25) is 0 Å². The monoisotopic (exact) mass is 230 g/mol. The minimum atomic E-state index is -0.421. The van der Waals surface area contributed by atoms with Crippen LogP contribution in [0.25, 0.3) is 0 Å². The Morgan fingerprint density at radius 2 is 2.24 bits per heavy atom. The Morgan fingerprint density at radius 3 is 2.71 bits per heavy atom. The van der Waals surface area contributed by atoms with Crippen LogP contribution in [-0.4, -0.2) is 12.2 Å². The van der Waals surface area contributed by atoms with Crippen LogP contribution in [0.4, 0.5) is 0 Å². The van der Waals surface area contributed by atoms with Crippen molar-refractivity contribution in [2.75, 3.05) is 0 Å². The van der Waals surface area contributed by atoms with Gasteiger partial charge in [-0.25, -0.2) is 4.79 Å². The number of benzene rings is 1. The van der Waals surface area contributed by atoms with Gasteiger partial charge in [0.1, 0.15) is 0 Å². The first-order chi connectivity index (χ1) is 8.21. The van der Waals surface area contributed by atoms with Crippen LogP contribution in [0.2, 0.25) is 0 Å². The predicted molar refractivity (Wildman–Crippen MR) is 64.0 cm³/mol. The highest BCUT2D eigenvalue weighted by Crippen LogP contribution is 2.07. The molecule has 0 amide bonds. The molecular weight excluding hydrogens is 216 g/mol. The molecule has 1 aromatic carbocycles. The molecule has 0 radical (unpaired) electrons. The molecule has 0 aromatic heterocycles. The van der Waals surface area contributed by atoms with Gasteiger partial charge in [-0.2, -0.15) is 5.26 Å². The van der Waals surface area contributed by atoms with Gasteiger partial charge in [0, 0.05) is 6.42 Å². The third-order valence-corrected chi connectivity index (χ3v) is 2.17. The number of carbonyl (C=O) groups is 1. The second-order valence-electron chi connectivity index (χ2n) is 3.36. The van der Waals surface area contributed by atoms with Gasteiger partial charge in [0.2, 0.25) is 0 Å². The maximum absolute atomic E-state index is 11.7. The molecule has 0 saturated carbocycles. The van der Waals surface area contributed by atoms with Crippen molar-refractivity contribution in [2.45, 2.75) is 19.6 Å². The number of nitrogens with zero attached hydrogens (tertiary/aromatic N) is 1. The predicted octanol–water partition coefficient (Wildman–Crippen LogP) is 2.18. The zero-order valence-corrected chi connectivity index (χ0v) is 9.64. The Kier molecular flexibility index (Phi) is 4.77. The fourth-order valence-electron chi connectivity index (χ4n) is 1.24. The molecule has 1 atom stereocenters. The third kappa shape index (κ3) is 3.65. The number of ether oxygens (including phenoxy) is 1. The molecule has 1 aromatic rings. The molecule has 1 rings (SSSR count). The maximum atomic E-state index is 11.7. The molecule has 0 unspecified atom stereocenters. The smallest absolute Gasteiger partial charge is 0.340 e. The molecule has 1 N–H and O–H groups in total. The van der Waals surface area contributed by atoms with E-state index in [1.807, 2.05) is 13.0 Å². The summed E-state index contributed by atoms with van der Waals surface area (Å²) in [6.07, 6.45) is 1.75. The molecule has 88 valence electrons. The quantitative estimate of drug-likeness (QED) is 0.622. The lowest BCUT2D eigenvalue weighted by molar-refractivity contribution is 0.0243. The molecule has 0 heterocycles. The summed E-state index contributed by atoms with van der Waals surface area (Å²) in [5, 5.41) is 11.5. The second kappa shape index (κ2) is 6.33. The van der Waals surface area contributed by atoms with Crippen LogP contribution in [0.15, 0.2) is 37.0 Å². The largest absolute Gasteiger partial charge is 0.438 e. The summed E-state index contributed by atoms with van der Waals surface area (Å²) in [6.45, 7) is 5.41. The number of hydrogen-bond donors (Lipinski definition) is 1.